The maximum absolute atomic E-state index is 11.4. The van der Waals surface area contributed by atoms with Gasteiger partial charge in [0.15, 0.2) is 0 Å². The van der Waals surface area contributed by atoms with E-state index in [9.17, 15) is 9.90 Å². The van der Waals surface area contributed by atoms with Gasteiger partial charge in [0.05, 0.1) is 28.5 Å². The van der Waals surface area contributed by atoms with Gasteiger partial charge in [-0.05, 0) is 56.0 Å². The number of fused-ring (bicyclic) bond motifs is 1. The van der Waals surface area contributed by atoms with Crippen LogP contribution in [0.15, 0.2) is 66.3 Å². The number of rotatable bonds is 9. The SMILES string of the molecule is CCc1nc(CNc2cccc3c(Oc4ncccc4-c4ccnc(NC5CCCN(C(=O)O)C5)n4)c(C)ccc23)cs1. The smallest absolute Gasteiger partial charge is 0.407 e. The number of amides is 1. The number of pyridine rings is 1. The van der Waals surface area contributed by atoms with Crippen LogP contribution < -0.4 is 15.4 Å². The lowest BCUT2D eigenvalue weighted by Crippen LogP contribution is -2.44. The summed E-state index contributed by atoms with van der Waals surface area (Å²) in [6.45, 7) is 5.72. The number of carbonyl (C=O) groups is 1. The fourth-order valence-electron chi connectivity index (χ4n) is 5.30. The number of thiazole rings is 1. The third kappa shape index (κ3) is 6.36. The van der Waals surface area contributed by atoms with Crippen LogP contribution in [0.25, 0.3) is 22.0 Å². The molecule has 3 N–H and O–H groups in total. The van der Waals surface area contributed by atoms with E-state index in [-0.39, 0.29) is 6.04 Å². The van der Waals surface area contributed by atoms with Crippen molar-refractivity contribution in [2.24, 2.45) is 0 Å². The molecule has 11 heteroatoms. The summed E-state index contributed by atoms with van der Waals surface area (Å²) < 4.78 is 6.57. The third-order valence-electron chi connectivity index (χ3n) is 7.50. The number of aryl methyl sites for hydroxylation is 2. The van der Waals surface area contributed by atoms with Crippen molar-refractivity contribution in [2.75, 3.05) is 23.7 Å². The quantitative estimate of drug-likeness (QED) is 0.165. The molecule has 1 unspecified atom stereocenters. The Morgan fingerprint density at radius 1 is 1.09 bits per heavy atom. The Kier molecular flexibility index (Phi) is 8.32. The zero-order valence-corrected chi connectivity index (χ0v) is 24.9. The van der Waals surface area contributed by atoms with Gasteiger partial charge < -0.3 is 25.4 Å². The van der Waals surface area contributed by atoms with E-state index in [2.05, 4.69) is 62.2 Å². The van der Waals surface area contributed by atoms with Crippen LogP contribution in [-0.4, -0.2) is 55.2 Å². The first-order valence-corrected chi connectivity index (χ1v) is 15.3. The van der Waals surface area contributed by atoms with Gasteiger partial charge in [-0.3, -0.25) is 0 Å². The molecule has 1 aliphatic heterocycles. The monoisotopic (exact) mass is 595 g/mol. The summed E-state index contributed by atoms with van der Waals surface area (Å²) in [5, 5.41) is 21.5. The topological polar surface area (TPSA) is 125 Å². The lowest BCUT2D eigenvalue weighted by molar-refractivity contribution is 0.132. The highest BCUT2D eigenvalue weighted by atomic mass is 32.1. The number of carboxylic acid groups (broad SMARTS) is 1. The zero-order chi connectivity index (χ0) is 29.8. The predicted molar refractivity (Wildman–Crippen MR) is 169 cm³/mol. The first-order chi connectivity index (χ1) is 21.0. The number of aromatic nitrogens is 4. The minimum absolute atomic E-state index is 0.0601. The van der Waals surface area contributed by atoms with E-state index >= 15 is 0 Å². The van der Waals surface area contributed by atoms with Crippen LogP contribution in [-0.2, 0) is 13.0 Å². The van der Waals surface area contributed by atoms with E-state index in [1.165, 1.54) is 4.90 Å². The van der Waals surface area contributed by atoms with Gasteiger partial charge in [0.25, 0.3) is 0 Å². The highest BCUT2D eigenvalue weighted by molar-refractivity contribution is 7.09. The molecule has 1 aliphatic rings. The first-order valence-electron chi connectivity index (χ1n) is 14.4. The van der Waals surface area contributed by atoms with E-state index in [0.717, 1.165) is 63.3 Å². The molecule has 4 heterocycles. The van der Waals surface area contributed by atoms with Gasteiger partial charge in [0.2, 0.25) is 11.8 Å². The second-order valence-electron chi connectivity index (χ2n) is 10.5. The minimum Gasteiger partial charge on any atom is -0.465 e. The van der Waals surface area contributed by atoms with Crippen LogP contribution >= 0.6 is 11.3 Å². The zero-order valence-electron chi connectivity index (χ0n) is 24.1. The molecular formula is C32H33N7O3S. The van der Waals surface area contributed by atoms with Crippen LogP contribution in [0, 0.1) is 6.92 Å². The van der Waals surface area contributed by atoms with Gasteiger partial charge in [0, 0.05) is 53.4 Å². The van der Waals surface area contributed by atoms with Crippen molar-refractivity contribution in [3.63, 3.8) is 0 Å². The van der Waals surface area contributed by atoms with Crippen LogP contribution in [0.4, 0.5) is 16.4 Å². The summed E-state index contributed by atoms with van der Waals surface area (Å²) >= 11 is 1.69. The molecule has 6 rings (SSSR count). The number of likely N-dealkylation sites (tertiary alicyclic amines) is 1. The van der Waals surface area contributed by atoms with Crippen LogP contribution in [0.5, 0.6) is 11.6 Å². The van der Waals surface area contributed by atoms with Crippen molar-refractivity contribution < 1.29 is 14.6 Å². The van der Waals surface area contributed by atoms with Gasteiger partial charge in [0.1, 0.15) is 5.75 Å². The summed E-state index contributed by atoms with van der Waals surface area (Å²) in [6.07, 6.45) is 5.05. The highest BCUT2D eigenvalue weighted by Crippen LogP contribution is 2.38. The molecule has 0 spiro atoms. The molecule has 2 aromatic carbocycles. The first kappa shape index (κ1) is 28.4. The summed E-state index contributed by atoms with van der Waals surface area (Å²) in [4.78, 5) is 31.3. The summed E-state index contributed by atoms with van der Waals surface area (Å²) in [7, 11) is 0. The van der Waals surface area contributed by atoms with Gasteiger partial charge in [-0.25, -0.2) is 24.7 Å². The van der Waals surface area contributed by atoms with Crippen LogP contribution in [0.2, 0.25) is 0 Å². The van der Waals surface area contributed by atoms with Gasteiger partial charge in [-0.1, -0.05) is 31.2 Å². The molecule has 1 saturated heterocycles. The number of ether oxygens (including phenoxy) is 1. The molecule has 0 bridgehead atoms. The molecule has 220 valence electrons. The van der Waals surface area contributed by atoms with Crippen molar-refractivity contribution >= 4 is 39.8 Å². The number of benzene rings is 2. The fourth-order valence-corrected chi connectivity index (χ4v) is 6.05. The van der Waals surface area contributed by atoms with E-state index in [0.29, 0.717) is 37.2 Å². The van der Waals surface area contributed by atoms with Gasteiger partial charge in [-0.2, -0.15) is 0 Å². The normalized spacial score (nSPS) is 14.9. The molecule has 1 atom stereocenters. The molecular weight excluding hydrogens is 562 g/mol. The average molecular weight is 596 g/mol. The number of nitrogens with one attached hydrogen (secondary N) is 2. The van der Waals surface area contributed by atoms with E-state index in [1.807, 2.05) is 31.2 Å². The molecule has 5 aromatic rings. The molecule has 0 radical (unpaired) electrons. The molecule has 0 saturated carbocycles. The van der Waals surface area contributed by atoms with E-state index in [1.54, 1.807) is 23.7 Å². The van der Waals surface area contributed by atoms with Crippen LogP contribution in [0.1, 0.15) is 36.0 Å². The van der Waals surface area contributed by atoms with Crippen LogP contribution in [0.3, 0.4) is 0 Å². The van der Waals surface area contributed by atoms with Crippen molar-refractivity contribution in [3.8, 4) is 22.9 Å². The van der Waals surface area contributed by atoms with Gasteiger partial charge >= 0.3 is 6.09 Å². The number of anilines is 2. The van der Waals surface area contributed by atoms with Crippen molar-refractivity contribution in [1.82, 2.24) is 24.8 Å². The number of hydrogen-bond acceptors (Lipinski definition) is 9. The molecule has 0 aliphatic carbocycles. The highest BCUT2D eigenvalue weighted by Gasteiger charge is 2.24. The van der Waals surface area contributed by atoms with Crippen molar-refractivity contribution in [2.45, 2.75) is 45.7 Å². The van der Waals surface area contributed by atoms with E-state index in [4.69, 9.17) is 9.72 Å². The second-order valence-corrected chi connectivity index (χ2v) is 11.4. The maximum Gasteiger partial charge on any atom is 0.407 e. The Hall–Kier alpha value is -4.77. The van der Waals surface area contributed by atoms with Gasteiger partial charge in [-0.15, -0.1) is 11.3 Å². The molecule has 10 nitrogen and oxygen atoms in total. The molecule has 1 amide bonds. The minimum atomic E-state index is -0.907. The Bertz CT molecular complexity index is 1760. The molecule has 3 aromatic heterocycles. The molecule has 1 fully saturated rings. The Balaban J connectivity index is 1.26. The van der Waals surface area contributed by atoms with E-state index < -0.39 is 6.09 Å². The Morgan fingerprint density at radius 2 is 2.00 bits per heavy atom. The fraction of sp³-hybridized carbons (Fsp3) is 0.281. The Morgan fingerprint density at radius 3 is 2.84 bits per heavy atom. The van der Waals surface area contributed by atoms with Crippen molar-refractivity contribution in [3.05, 3.63) is 82.6 Å². The second kappa shape index (κ2) is 12.6. The standard InChI is InChI=1S/C32H33N7O3S/c1-3-28-36-22(19-43-28)17-35-26-10-4-8-24-23(26)12-11-20(2)29(24)42-30-25(9-5-14-33-30)27-13-15-34-31(38-27)37-21-7-6-16-39(18-21)32(40)41/h4-5,8-15,19,21,35H,3,6-7,16-18H2,1-2H3,(H,40,41)(H,34,37,38). The lowest BCUT2D eigenvalue weighted by atomic mass is 10.0. The van der Waals surface area contributed by atoms with Crippen molar-refractivity contribution in [1.29, 1.82) is 0 Å². The Labute approximate surface area is 253 Å². The average Bonchev–Trinajstić information content (AvgIpc) is 3.50. The number of hydrogen-bond donors (Lipinski definition) is 3. The number of nitrogens with zero attached hydrogens (tertiary/aromatic N) is 5. The molecule has 43 heavy (non-hydrogen) atoms. The third-order valence-corrected chi connectivity index (χ3v) is 8.54. The predicted octanol–water partition coefficient (Wildman–Crippen LogP) is 6.98. The maximum atomic E-state index is 11.4. The summed E-state index contributed by atoms with van der Waals surface area (Å²) in [5.74, 6) is 1.60. The largest absolute Gasteiger partial charge is 0.465 e. The lowest BCUT2D eigenvalue weighted by Gasteiger charge is -2.31. The summed E-state index contributed by atoms with van der Waals surface area (Å²) in [6, 6.07) is 15.8. The summed E-state index contributed by atoms with van der Waals surface area (Å²) in [5.41, 5.74) is 4.40. The number of piperidine rings is 1.